The van der Waals surface area contributed by atoms with E-state index < -0.39 is 11.2 Å². The largest absolute Gasteiger partial charge is 0.396 e. The number of hydrogen-bond acceptors (Lipinski definition) is 7. The van der Waals surface area contributed by atoms with Crippen LogP contribution < -0.4 is 0 Å². The standard InChI is InChI=1S/C15H28O3.C14H26O4/c1-3-5-7-13-10-15(11-16)14(17-13)9-8-12(18-15)6-4-2;1-2-4-11-6-7-13-14(10-16,18-11)9-12(17-13)5-3-8-15/h12-14,16H,3-11H2,1-2H3;11-13,15-16H,2-10H2,1H3/t12?,13-,14-,15?;11?,12-,13-,14?/m00/s1. The predicted molar refractivity (Wildman–Crippen MR) is 140 cm³/mol. The van der Waals surface area contributed by atoms with Crippen LogP contribution in [0.3, 0.4) is 0 Å². The number of aliphatic hydroxyl groups excluding tert-OH is 3. The summed E-state index contributed by atoms with van der Waals surface area (Å²) in [6.45, 7) is 6.92. The van der Waals surface area contributed by atoms with E-state index in [-0.39, 0.29) is 44.2 Å². The normalized spacial score (nSPS) is 39.8. The Morgan fingerprint density at radius 2 is 1.06 bits per heavy atom. The molecule has 4 rings (SSSR count). The van der Waals surface area contributed by atoms with Gasteiger partial charge < -0.3 is 34.3 Å². The van der Waals surface area contributed by atoms with E-state index in [9.17, 15) is 10.2 Å². The number of aliphatic hydroxyl groups is 3. The van der Waals surface area contributed by atoms with Crippen LogP contribution in [0.5, 0.6) is 0 Å². The number of unbranched alkanes of at least 4 members (excludes halogenated alkanes) is 1. The quantitative estimate of drug-likeness (QED) is 0.348. The molecule has 4 aliphatic rings. The van der Waals surface area contributed by atoms with Crippen LogP contribution in [0, 0.1) is 0 Å². The predicted octanol–water partition coefficient (Wildman–Crippen LogP) is 4.67. The molecule has 4 heterocycles. The molecule has 0 amide bonds. The zero-order valence-corrected chi connectivity index (χ0v) is 23.2. The summed E-state index contributed by atoms with van der Waals surface area (Å²) < 4.78 is 24.5. The molecule has 0 aliphatic carbocycles. The van der Waals surface area contributed by atoms with Crippen molar-refractivity contribution in [2.24, 2.45) is 0 Å². The molecule has 0 aromatic rings. The number of fused-ring (bicyclic) bond motifs is 2. The van der Waals surface area contributed by atoms with Crippen molar-refractivity contribution >= 4 is 0 Å². The van der Waals surface area contributed by atoms with Gasteiger partial charge in [-0.1, -0.05) is 46.5 Å². The van der Waals surface area contributed by atoms with E-state index in [1.807, 2.05) is 0 Å². The third kappa shape index (κ3) is 7.43. The summed E-state index contributed by atoms with van der Waals surface area (Å²) in [5.74, 6) is 0. The molecule has 0 bridgehead atoms. The minimum Gasteiger partial charge on any atom is -0.396 e. The first-order valence-electron chi connectivity index (χ1n) is 15.0. The Bertz CT molecular complexity index is 566. The Labute approximate surface area is 219 Å². The first kappa shape index (κ1) is 30.3. The van der Waals surface area contributed by atoms with Crippen LogP contribution in [-0.2, 0) is 18.9 Å². The van der Waals surface area contributed by atoms with Gasteiger partial charge in [0, 0.05) is 19.4 Å². The van der Waals surface area contributed by atoms with Crippen LogP contribution in [0.2, 0.25) is 0 Å². The van der Waals surface area contributed by atoms with Crippen molar-refractivity contribution in [3.63, 3.8) is 0 Å². The molecule has 4 fully saturated rings. The van der Waals surface area contributed by atoms with Crippen LogP contribution in [0.1, 0.15) is 117 Å². The molecule has 4 aliphatic heterocycles. The second-order valence-corrected chi connectivity index (χ2v) is 11.6. The van der Waals surface area contributed by atoms with Gasteiger partial charge in [-0.25, -0.2) is 0 Å². The van der Waals surface area contributed by atoms with Crippen molar-refractivity contribution in [1.82, 2.24) is 0 Å². The van der Waals surface area contributed by atoms with Crippen LogP contribution in [0.25, 0.3) is 0 Å². The summed E-state index contributed by atoms with van der Waals surface area (Å²) in [6.07, 6.45) is 16.6. The molecule has 4 unspecified atom stereocenters. The zero-order chi connectivity index (χ0) is 26.0. The highest BCUT2D eigenvalue weighted by molar-refractivity contribution is 5.02. The Balaban J connectivity index is 0.000000201. The minimum absolute atomic E-state index is 0.0410. The Hall–Kier alpha value is -0.280. The van der Waals surface area contributed by atoms with Gasteiger partial charge in [-0.2, -0.15) is 0 Å². The Morgan fingerprint density at radius 3 is 1.44 bits per heavy atom. The molecule has 3 N–H and O–H groups in total. The highest BCUT2D eigenvalue weighted by Gasteiger charge is 2.53. The van der Waals surface area contributed by atoms with Crippen molar-refractivity contribution in [2.45, 2.75) is 165 Å². The van der Waals surface area contributed by atoms with Crippen LogP contribution >= 0.6 is 0 Å². The van der Waals surface area contributed by atoms with Gasteiger partial charge in [0.25, 0.3) is 0 Å². The van der Waals surface area contributed by atoms with Crippen molar-refractivity contribution in [3.8, 4) is 0 Å². The third-order valence-corrected chi connectivity index (χ3v) is 8.66. The molecule has 212 valence electrons. The van der Waals surface area contributed by atoms with Gasteiger partial charge in [-0.15, -0.1) is 0 Å². The lowest BCUT2D eigenvalue weighted by Gasteiger charge is -2.40. The number of rotatable bonds is 12. The van der Waals surface area contributed by atoms with Crippen molar-refractivity contribution < 1.29 is 34.3 Å². The molecule has 0 radical (unpaired) electrons. The Kier molecular flexibility index (Phi) is 12.4. The molecule has 0 spiro atoms. The van der Waals surface area contributed by atoms with Gasteiger partial charge >= 0.3 is 0 Å². The summed E-state index contributed by atoms with van der Waals surface area (Å²) in [4.78, 5) is 0. The highest BCUT2D eigenvalue weighted by atomic mass is 16.6. The second-order valence-electron chi connectivity index (χ2n) is 11.6. The fourth-order valence-electron chi connectivity index (χ4n) is 6.76. The Morgan fingerprint density at radius 1 is 0.583 bits per heavy atom. The molecule has 0 saturated carbocycles. The lowest BCUT2D eigenvalue weighted by molar-refractivity contribution is -0.183. The number of hydrogen-bond donors (Lipinski definition) is 3. The number of ether oxygens (including phenoxy) is 4. The zero-order valence-electron chi connectivity index (χ0n) is 23.2. The topological polar surface area (TPSA) is 97.6 Å². The molecule has 0 aromatic heterocycles. The van der Waals surface area contributed by atoms with Crippen LogP contribution in [-0.4, -0.2) is 83.0 Å². The average Bonchev–Trinajstić information content (AvgIpc) is 3.45. The summed E-state index contributed by atoms with van der Waals surface area (Å²) in [5, 5.41) is 28.4. The highest BCUT2D eigenvalue weighted by Crippen LogP contribution is 2.44. The van der Waals surface area contributed by atoms with Crippen LogP contribution in [0.4, 0.5) is 0 Å². The molecular weight excluding hydrogens is 460 g/mol. The molecule has 7 nitrogen and oxygen atoms in total. The summed E-state index contributed by atoms with van der Waals surface area (Å²) >= 11 is 0. The first-order valence-corrected chi connectivity index (χ1v) is 15.0. The summed E-state index contributed by atoms with van der Waals surface area (Å²) in [6, 6.07) is 0. The summed E-state index contributed by atoms with van der Waals surface area (Å²) in [5.41, 5.74) is -0.866. The summed E-state index contributed by atoms with van der Waals surface area (Å²) in [7, 11) is 0. The SMILES string of the molecule is CCCC1CC[C@@H]2O[C@@H](CCCO)CC2(CO)O1.CCCC[C@H]1CC2(CO)OC(CCC)CC[C@@H]2O1. The molecule has 0 aromatic carbocycles. The van der Waals surface area contributed by atoms with E-state index in [2.05, 4.69) is 20.8 Å². The maximum absolute atomic E-state index is 9.78. The lowest BCUT2D eigenvalue weighted by atomic mass is 9.86. The van der Waals surface area contributed by atoms with E-state index >= 15 is 0 Å². The molecular formula is C29H54O7. The van der Waals surface area contributed by atoms with E-state index in [1.54, 1.807) is 0 Å². The van der Waals surface area contributed by atoms with E-state index in [4.69, 9.17) is 24.1 Å². The minimum atomic E-state index is -0.474. The van der Waals surface area contributed by atoms with E-state index in [0.717, 1.165) is 83.5 Å². The van der Waals surface area contributed by atoms with Gasteiger partial charge in [-0.05, 0) is 57.8 Å². The van der Waals surface area contributed by atoms with E-state index in [0.29, 0.717) is 12.2 Å². The monoisotopic (exact) mass is 514 g/mol. The molecule has 7 heteroatoms. The average molecular weight is 515 g/mol. The third-order valence-electron chi connectivity index (χ3n) is 8.66. The fraction of sp³-hybridized carbons (Fsp3) is 1.00. The van der Waals surface area contributed by atoms with Gasteiger partial charge in [-0.3, -0.25) is 0 Å². The second kappa shape index (κ2) is 14.8. The maximum Gasteiger partial charge on any atom is 0.120 e. The molecule has 36 heavy (non-hydrogen) atoms. The van der Waals surface area contributed by atoms with Crippen molar-refractivity contribution in [2.75, 3.05) is 19.8 Å². The van der Waals surface area contributed by atoms with E-state index in [1.165, 1.54) is 12.8 Å². The molecule has 8 atom stereocenters. The van der Waals surface area contributed by atoms with Gasteiger partial charge in [0.1, 0.15) is 11.2 Å². The van der Waals surface area contributed by atoms with Crippen molar-refractivity contribution in [1.29, 1.82) is 0 Å². The maximum atomic E-state index is 9.78. The van der Waals surface area contributed by atoms with Crippen molar-refractivity contribution in [3.05, 3.63) is 0 Å². The van der Waals surface area contributed by atoms with Gasteiger partial charge in [0.05, 0.1) is 49.8 Å². The smallest absolute Gasteiger partial charge is 0.120 e. The molecule has 4 saturated heterocycles. The van der Waals surface area contributed by atoms with Gasteiger partial charge in [0.2, 0.25) is 0 Å². The van der Waals surface area contributed by atoms with Gasteiger partial charge in [0.15, 0.2) is 0 Å². The fourth-order valence-corrected chi connectivity index (χ4v) is 6.76. The first-order chi connectivity index (χ1) is 17.5. The van der Waals surface area contributed by atoms with Crippen LogP contribution in [0.15, 0.2) is 0 Å². The lowest BCUT2D eigenvalue weighted by Crippen LogP contribution is -2.51.